The molecule has 0 saturated heterocycles. The highest BCUT2D eigenvalue weighted by Gasteiger charge is 2.22. The van der Waals surface area contributed by atoms with Gasteiger partial charge in [-0.25, -0.2) is 0 Å². The van der Waals surface area contributed by atoms with E-state index >= 15 is 0 Å². The molecule has 1 fully saturated rings. The zero-order valence-corrected chi connectivity index (χ0v) is 11.8. The lowest BCUT2D eigenvalue weighted by Crippen LogP contribution is -2.33. The molecule has 0 atom stereocenters. The summed E-state index contributed by atoms with van der Waals surface area (Å²) in [5.41, 5.74) is 2.71. The van der Waals surface area contributed by atoms with Crippen LogP contribution in [0.3, 0.4) is 0 Å². The van der Waals surface area contributed by atoms with Gasteiger partial charge in [0.15, 0.2) is 0 Å². The van der Waals surface area contributed by atoms with E-state index in [0.29, 0.717) is 5.56 Å². The molecule has 0 N–H and O–H groups in total. The number of para-hydroxylation sites is 1. The van der Waals surface area contributed by atoms with Gasteiger partial charge in [0, 0.05) is 24.7 Å². The van der Waals surface area contributed by atoms with Crippen LogP contribution >= 0.6 is 0 Å². The topological polar surface area (TPSA) is 39.9 Å². The normalized spacial score (nSPS) is 14.8. The van der Waals surface area contributed by atoms with Crippen molar-refractivity contribution >= 4 is 16.6 Å². The van der Waals surface area contributed by atoms with Crippen molar-refractivity contribution < 1.29 is 0 Å². The van der Waals surface area contributed by atoms with Gasteiger partial charge in [-0.1, -0.05) is 24.6 Å². The van der Waals surface area contributed by atoms with Crippen molar-refractivity contribution in [3.8, 4) is 6.07 Å². The molecule has 1 saturated carbocycles. The van der Waals surface area contributed by atoms with Gasteiger partial charge in [0.05, 0.1) is 16.8 Å². The summed E-state index contributed by atoms with van der Waals surface area (Å²) < 4.78 is 0. The second kappa shape index (κ2) is 5.50. The third-order valence-corrected chi connectivity index (χ3v) is 4.27. The van der Waals surface area contributed by atoms with Gasteiger partial charge in [-0.15, -0.1) is 0 Å². The zero-order chi connectivity index (χ0) is 13.9. The number of nitrogens with zero attached hydrogens (tertiary/aromatic N) is 3. The van der Waals surface area contributed by atoms with Gasteiger partial charge in [0.1, 0.15) is 6.07 Å². The van der Waals surface area contributed by atoms with Crippen molar-refractivity contribution in [1.82, 2.24) is 4.98 Å². The molecule has 1 aliphatic carbocycles. The molecule has 3 heteroatoms. The minimum Gasteiger partial charge on any atom is -0.370 e. The minimum absolute atomic E-state index is 0.685. The Balaban J connectivity index is 2.08. The summed E-state index contributed by atoms with van der Waals surface area (Å²) in [6.07, 6.45) is 5.70. The van der Waals surface area contributed by atoms with Crippen molar-refractivity contribution in [1.29, 1.82) is 5.26 Å². The largest absolute Gasteiger partial charge is 0.370 e. The summed E-state index contributed by atoms with van der Waals surface area (Å²) in [6.45, 7) is 4.15. The van der Waals surface area contributed by atoms with Crippen molar-refractivity contribution in [2.75, 3.05) is 18.0 Å². The monoisotopic (exact) mass is 265 g/mol. The Hall–Kier alpha value is -2.08. The van der Waals surface area contributed by atoms with E-state index in [0.717, 1.165) is 35.6 Å². The van der Waals surface area contributed by atoms with Gasteiger partial charge >= 0.3 is 0 Å². The highest BCUT2D eigenvalue weighted by atomic mass is 15.1. The highest BCUT2D eigenvalue weighted by molar-refractivity contribution is 5.94. The smallest absolute Gasteiger partial charge is 0.103 e. The first-order valence-corrected chi connectivity index (χ1v) is 7.36. The van der Waals surface area contributed by atoms with Crippen LogP contribution in [0.5, 0.6) is 0 Å². The van der Waals surface area contributed by atoms with Crippen LogP contribution in [0.4, 0.5) is 5.69 Å². The number of pyridine rings is 1. The molecule has 0 spiro atoms. The third-order valence-electron chi connectivity index (χ3n) is 4.27. The van der Waals surface area contributed by atoms with E-state index < -0.39 is 0 Å². The van der Waals surface area contributed by atoms with E-state index in [9.17, 15) is 5.26 Å². The van der Waals surface area contributed by atoms with Crippen molar-refractivity contribution in [2.45, 2.75) is 26.2 Å². The predicted molar refractivity (Wildman–Crippen MR) is 81.7 cm³/mol. The van der Waals surface area contributed by atoms with Crippen LogP contribution in [0.15, 0.2) is 30.5 Å². The van der Waals surface area contributed by atoms with Crippen molar-refractivity contribution in [3.63, 3.8) is 0 Å². The van der Waals surface area contributed by atoms with Crippen LogP contribution in [0.25, 0.3) is 10.9 Å². The SMILES string of the molecule is CCN(CC1CCC1)c1c(C#N)cnc2ccccc12. The predicted octanol–water partition coefficient (Wildman–Crippen LogP) is 3.73. The molecule has 2 aromatic rings. The third kappa shape index (κ3) is 2.22. The second-order valence-electron chi connectivity index (χ2n) is 5.48. The fourth-order valence-electron chi connectivity index (χ4n) is 2.91. The highest BCUT2D eigenvalue weighted by Crippen LogP contribution is 2.33. The molecule has 0 radical (unpaired) electrons. The van der Waals surface area contributed by atoms with Gasteiger partial charge in [0.25, 0.3) is 0 Å². The average molecular weight is 265 g/mol. The molecule has 102 valence electrons. The summed E-state index contributed by atoms with van der Waals surface area (Å²) in [7, 11) is 0. The summed E-state index contributed by atoms with van der Waals surface area (Å²) in [6, 6.07) is 10.4. The molecular formula is C17H19N3. The molecule has 0 bridgehead atoms. The number of benzene rings is 1. The lowest BCUT2D eigenvalue weighted by molar-refractivity contribution is 0.318. The Morgan fingerprint density at radius 3 is 2.80 bits per heavy atom. The number of hydrogen-bond acceptors (Lipinski definition) is 3. The number of hydrogen-bond donors (Lipinski definition) is 0. The molecule has 1 aliphatic rings. The number of aromatic nitrogens is 1. The number of nitriles is 1. The Labute approximate surface area is 119 Å². The maximum atomic E-state index is 9.41. The van der Waals surface area contributed by atoms with Gasteiger partial charge in [-0.3, -0.25) is 4.98 Å². The number of fused-ring (bicyclic) bond motifs is 1. The maximum absolute atomic E-state index is 9.41. The fourth-order valence-corrected chi connectivity index (χ4v) is 2.91. The van der Waals surface area contributed by atoms with Gasteiger partial charge in [-0.2, -0.15) is 5.26 Å². The van der Waals surface area contributed by atoms with Crippen LogP contribution in [-0.2, 0) is 0 Å². The van der Waals surface area contributed by atoms with Crippen LogP contribution in [0.1, 0.15) is 31.7 Å². The molecule has 0 unspecified atom stereocenters. The molecular weight excluding hydrogens is 246 g/mol. The van der Waals surface area contributed by atoms with Gasteiger partial charge in [-0.05, 0) is 31.7 Å². The Kier molecular flexibility index (Phi) is 3.56. The maximum Gasteiger partial charge on any atom is 0.103 e. The molecule has 3 rings (SSSR count). The van der Waals surface area contributed by atoms with Crippen LogP contribution in [0.2, 0.25) is 0 Å². The first-order valence-electron chi connectivity index (χ1n) is 7.36. The molecule has 0 amide bonds. The zero-order valence-electron chi connectivity index (χ0n) is 11.8. The Morgan fingerprint density at radius 1 is 1.35 bits per heavy atom. The fraction of sp³-hybridized carbons (Fsp3) is 0.412. The number of anilines is 1. The van der Waals surface area contributed by atoms with E-state index in [2.05, 4.69) is 28.9 Å². The summed E-state index contributed by atoms with van der Waals surface area (Å²) in [5.74, 6) is 0.786. The van der Waals surface area contributed by atoms with E-state index in [1.807, 2.05) is 18.2 Å². The summed E-state index contributed by atoms with van der Waals surface area (Å²) in [4.78, 5) is 6.75. The van der Waals surface area contributed by atoms with Crippen molar-refractivity contribution in [2.24, 2.45) is 5.92 Å². The van der Waals surface area contributed by atoms with Crippen LogP contribution < -0.4 is 4.90 Å². The summed E-state index contributed by atoms with van der Waals surface area (Å²) >= 11 is 0. The van der Waals surface area contributed by atoms with E-state index in [1.165, 1.54) is 19.3 Å². The van der Waals surface area contributed by atoms with Crippen LogP contribution in [-0.4, -0.2) is 18.1 Å². The quantitative estimate of drug-likeness (QED) is 0.845. The first-order chi connectivity index (χ1) is 9.83. The van der Waals surface area contributed by atoms with E-state index in [-0.39, 0.29) is 0 Å². The average Bonchev–Trinajstić information content (AvgIpc) is 2.46. The lowest BCUT2D eigenvalue weighted by Gasteiger charge is -2.34. The standard InChI is InChI=1S/C17H19N3/c1-2-20(12-13-6-5-7-13)17-14(10-18)11-19-16-9-4-3-8-15(16)17/h3-4,8-9,11,13H,2,5-7,12H2,1H3. The van der Waals surface area contributed by atoms with Gasteiger partial charge < -0.3 is 4.90 Å². The van der Waals surface area contributed by atoms with Crippen LogP contribution in [0, 0.1) is 17.2 Å². The van der Waals surface area contributed by atoms with Crippen molar-refractivity contribution in [3.05, 3.63) is 36.0 Å². The van der Waals surface area contributed by atoms with Gasteiger partial charge in [0.2, 0.25) is 0 Å². The molecule has 1 heterocycles. The second-order valence-corrected chi connectivity index (χ2v) is 5.48. The number of rotatable bonds is 4. The molecule has 1 aromatic heterocycles. The molecule has 3 nitrogen and oxygen atoms in total. The molecule has 20 heavy (non-hydrogen) atoms. The first kappa shape index (κ1) is 12.9. The Morgan fingerprint density at radius 2 is 2.15 bits per heavy atom. The molecule has 1 aromatic carbocycles. The molecule has 0 aliphatic heterocycles. The Bertz CT molecular complexity index is 653. The van der Waals surface area contributed by atoms with E-state index in [4.69, 9.17) is 0 Å². The summed E-state index contributed by atoms with van der Waals surface area (Å²) in [5, 5.41) is 10.5. The van der Waals surface area contributed by atoms with E-state index in [1.54, 1.807) is 6.20 Å². The lowest BCUT2D eigenvalue weighted by atomic mass is 9.85. The minimum atomic E-state index is 0.685.